The van der Waals surface area contributed by atoms with Crippen molar-refractivity contribution in [2.45, 2.75) is 13.3 Å². The molecule has 0 aliphatic heterocycles. The Morgan fingerprint density at radius 2 is 2.11 bits per heavy atom. The second-order valence-electron chi connectivity index (χ2n) is 3.98. The minimum atomic E-state index is -0.238. The maximum absolute atomic E-state index is 11.7. The maximum atomic E-state index is 11.7. The highest BCUT2D eigenvalue weighted by Gasteiger charge is 2.07. The normalized spacial score (nSPS) is 9.61. The number of amides is 2. The number of hydrogen-bond acceptors (Lipinski definition) is 2. The molecule has 1 aromatic carbocycles. The summed E-state index contributed by atoms with van der Waals surface area (Å²) >= 11 is 0. The van der Waals surface area contributed by atoms with Crippen LogP contribution in [0.4, 0.5) is 0 Å². The van der Waals surface area contributed by atoms with E-state index in [1.165, 1.54) is 0 Å². The molecule has 0 radical (unpaired) electrons. The summed E-state index contributed by atoms with van der Waals surface area (Å²) in [5.41, 5.74) is 1.58. The molecule has 0 aliphatic rings. The highest BCUT2D eigenvalue weighted by molar-refractivity contribution is 5.96. The summed E-state index contributed by atoms with van der Waals surface area (Å²) in [5, 5.41) is 5.25. The van der Waals surface area contributed by atoms with Crippen LogP contribution in [0.3, 0.4) is 0 Å². The first-order chi connectivity index (χ1) is 8.63. The Morgan fingerprint density at radius 3 is 2.78 bits per heavy atom. The quantitative estimate of drug-likeness (QED) is 0.589. The summed E-state index contributed by atoms with van der Waals surface area (Å²) in [7, 11) is 0. The average molecular weight is 246 g/mol. The van der Waals surface area contributed by atoms with E-state index >= 15 is 0 Å². The highest BCUT2D eigenvalue weighted by atomic mass is 16.2. The number of benzene rings is 1. The van der Waals surface area contributed by atoms with Crippen LogP contribution < -0.4 is 10.6 Å². The van der Waals surface area contributed by atoms with Crippen molar-refractivity contribution in [1.29, 1.82) is 0 Å². The molecule has 0 heterocycles. The van der Waals surface area contributed by atoms with E-state index in [4.69, 9.17) is 0 Å². The molecule has 2 amide bonds. The third-order valence-corrected chi connectivity index (χ3v) is 2.36. The second-order valence-corrected chi connectivity index (χ2v) is 3.98. The number of nitrogens with one attached hydrogen (secondary N) is 2. The molecule has 0 unspecified atom stereocenters. The second kappa shape index (κ2) is 7.27. The molecule has 2 N–H and O–H groups in total. The predicted molar refractivity (Wildman–Crippen MR) is 71.3 cm³/mol. The lowest BCUT2D eigenvalue weighted by molar-refractivity contribution is -0.120. The number of carbonyl (C=O) groups excluding carboxylic acids is 2. The van der Waals surface area contributed by atoms with Crippen LogP contribution in [-0.4, -0.2) is 24.9 Å². The lowest BCUT2D eigenvalue weighted by Gasteiger charge is -2.06. The van der Waals surface area contributed by atoms with Crippen LogP contribution in [0.15, 0.2) is 36.9 Å². The molecule has 0 fully saturated rings. The summed E-state index contributed by atoms with van der Waals surface area (Å²) in [4.78, 5) is 23.1. The Bertz CT molecular complexity index is 441. The minimum Gasteiger partial charge on any atom is -0.354 e. The van der Waals surface area contributed by atoms with Gasteiger partial charge in [0.25, 0.3) is 5.91 Å². The maximum Gasteiger partial charge on any atom is 0.251 e. The van der Waals surface area contributed by atoms with E-state index in [0.717, 1.165) is 12.0 Å². The molecule has 18 heavy (non-hydrogen) atoms. The van der Waals surface area contributed by atoms with Crippen molar-refractivity contribution >= 4 is 11.8 Å². The van der Waals surface area contributed by atoms with Crippen molar-refractivity contribution < 1.29 is 9.59 Å². The van der Waals surface area contributed by atoms with Crippen LogP contribution in [0.25, 0.3) is 0 Å². The van der Waals surface area contributed by atoms with Crippen molar-refractivity contribution in [3.05, 3.63) is 48.0 Å². The van der Waals surface area contributed by atoms with Gasteiger partial charge in [-0.05, 0) is 25.5 Å². The lowest BCUT2D eigenvalue weighted by Crippen LogP contribution is -2.37. The van der Waals surface area contributed by atoms with Crippen LogP contribution in [0.1, 0.15) is 22.3 Å². The Kier molecular flexibility index (Phi) is 5.64. The van der Waals surface area contributed by atoms with Crippen LogP contribution in [0.2, 0.25) is 0 Å². The fraction of sp³-hybridized carbons (Fsp3) is 0.286. The molecule has 4 heteroatoms. The van der Waals surface area contributed by atoms with E-state index in [0.29, 0.717) is 12.1 Å². The number of hydrogen-bond donors (Lipinski definition) is 2. The number of rotatable bonds is 6. The Hall–Kier alpha value is -2.10. The first kappa shape index (κ1) is 14.0. The zero-order valence-electron chi connectivity index (χ0n) is 10.5. The van der Waals surface area contributed by atoms with E-state index in [-0.39, 0.29) is 18.4 Å². The molecule has 0 atom stereocenters. The van der Waals surface area contributed by atoms with Crippen molar-refractivity contribution in [3.8, 4) is 0 Å². The Balaban J connectivity index is 2.37. The van der Waals surface area contributed by atoms with Gasteiger partial charge in [0.05, 0.1) is 6.54 Å². The van der Waals surface area contributed by atoms with E-state index in [2.05, 4.69) is 17.2 Å². The van der Waals surface area contributed by atoms with Gasteiger partial charge in [0.2, 0.25) is 5.91 Å². The van der Waals surface area contributed by atoms with Gasteiger partial charge in [0, 0.05) is 12.1 Å². The SMILES string of the molecule is C=CCCNC(=O)CNC(=O)c1cccc(C)c1. The van der Waals surface area contributed by atoms with Crippen LogP contribution in [0.5, 0.6) is 0 Å². The van der Waals surface area contributed by atoms with Gasteiger partial charge in [0.1, 0.15) is 0 Å². The molecule has 0 spiro atoms. The van der Waals surface area contributed by atoms with Crippen molar-refractivity contribution in [1.82, 2.24) is 10.6 Å². The molecule has 0 aromatic heterocycles. The molecule has 1 rings (SSSR count). The molecular formula is C14H18N2O2. The number of carbonyl (C=O) groups is 2. The summed E-state index contributed by atoms with van der Waals surface area (Å²) < 4.78 is 0. The fourth-order valence-corrected chi connectivity index (χ4v) is 1.43. The standard InChI is InChI=1S/C14H18N2O2/c1-3-4-8-15-13(17)10-16-14(18)12-7-5-6-11(2)9-12/h3,5-7,9H,1,4,8,10H2,2H3,(H,15,17)(H,16,18). The van der Waals surface area contributed by atoms with Gasteiger partial charge < -0.3 is 10.6 Å². The average Bonchev–Trinajstić information content (AvgIpc) is 2.36. The monoisotopic (exact) mass is 246 g/mol. The first-order valence-corrected chi connectivity index (χ1v) is 5.86. The van der Waals surface area contributed by atoms with Crippen LogP contribution in [-0.2, 0) is 4.79 Å². The highest BCUT2D eigenvalue weighted by Crippen LogP contribution is 2.03. The van der Waals surface area contributed by atoms with Crippen LogP contribution >= 0.6 is 0 Å². The smallest absolute Gasteiger partial charge is 0.251 e. The van der Waals surface area contributed by atoms with E-state index in [1.54, 1.807) is 18.2 Å². The van der Waals surface area contributed by atoms with E-state index in [9.17, 15) is 9.59 Å². The summed E-state index contributed by atoms with van der Waals surface area (Å²) in [6.07, 6.45) is 2.45. The molecule has 0 saturated heterocycles. The molecule has 96 valence electrons. The zero-order valence-corrected chi connectivity index (χ0v) is 10.5. The molecule has 1 aromatic rings. The molecule has 0 saturated carbocycles. The van der Waals surface area contributed by atoms with Gasteiger partial charge >= 0.3 is 0 Å². The van der Waals surface area contributed by atoms with Gasteiger partial charge in [-0.2, -0.15) is 0 Å². The summed E-state index contributed by atoms with van der Waals surface area (Å²) in [5.74, 6) is -0.435. The fourth-order valence-electron chi connectivity index (χ4n) is 1.43. The van der Waals surface area contributed by atoms with Gasteiger partial charge in [-0.1, -0.05) is 23.8 Å². The van der Waals surface area contributed by atoms with Crippen molar-refractivity contribution in [2.24, 2.45) is 0 Å². The predicted octanol–water partition coefficient (Wildman–Crippen LogP) is 1.42. The zero-order chi connectivity index (χ0) is 13.4. The van der Waals surface area contributed by atoms with E-state index < -0.39 is 0 Å². The van der Waals surface area contributed by atoms with Gasteiger partial charge in [-0.3, -0.25) is 9.59 Å². The number of aryl methyl sites for hydroxylation is 1. The largest absolute Gasteiger partial charge is 0.354 e. The molecule has 0 bridgehead atoms. The topological polar surface area (TPSA) is 58.2 Å². The lowest BCUT2D eigenvalue weighted by atomic mass is 10.1. The van der Waals surface area contributed by atoms with Crippen molar-refractivity contribution in [2.75, 3.05) is 13.1 Å². The van der Waals surface area contributed by atoms with Gasteiger partial charge in [0.15, 0.2) is 0 Å². The summed E-state index contributed by atoms with van der Waals surface area (Å²) in [6.45, 7) is 6.01. The third kappa shape index (κ3) is 4.82. The van der Waals surface area contributed by atoms with Gasteiger partial charge in [-0.15, -0.1) is 6.58 Å². The first-order valence-electron chi connectivity index (χ1n) is 5.86. The minimum absolute atomic E-state index is 0.0100. The third-order valence-electron chi connectivity index (χ3n) is 2.36. The van der Waals surface area contributed by atoms with Crippen LogP contribution in [0, 0.1) is 6.92 Å². The molecule has 0 aliphatic carbocycles. The molecular weight excluding hydrogens is 228 g/mol. The van der Waals surface area contributed by atoms with Crippen molar-refractivity contribution in [3.63, 3.8) is 0 Å². The van der Waals surface area contributed by atoms with Gasteiger partial charge in [-0.25, -0.2) is 0 Å². The summed E-state index contributed by atoms with van der Waals surface area (Å²) in [6, 6.07) is 7.23. The Labute approximate surface area is 107 Å². The Morgan fingerprint density at radius 1 is 1.33 bits per heavy atom. The van der Waals surface area contributed by atoms with E-state index in [1.807, 2.05) is 19.1 Å². The molecule has 4 nitrogen and oxygen atoms in total.